The predicted octanol–water partition coefficient (Wildman–Crippen LogP) is 1.65. The van der Waals surface area contributed by atoms with E-state index in [9.17, 15) is 9.59 Å². The van der Waals surface area contributed by atoms with Gasteiger partial charge in [0.15, 0.2) is 5.13 Å². The number of carbonyl (C=O) groups excluding carboxylic acids is 2. The molecule has 106 valence electrons. The Morgan fingerprint density at radius 3 is 2.85 bits per heavy atom. The van der Waals surface area contributed by atoms with Gasteiger partial charge in [-0.3, -0.25) is 20.4 Å². The average Bonchev–Trinajstić information content (AvgIpc) is 3.03. The molecule has 6 nitrogen and oxygen atoms in total. The third-order valence-electron chi connectivity index (χ3n) is 2.17. The molecule has 0 bridgehead atoms. The zero-order chi connectivity index (χ0) is 14.5. The van der Waals surface area contributed by atoms with E-state index in [2.05, 4.69) is 15.8 Å². The van der Waals surface area contributed by atoms with Crippen molar-refractivity contribution in [1.82, 2.24) is 15.8 Å². The van der Waals surface area contributed by atoms with Crippen LogP contribution in [0, 0.1) is 6.92 Å². The lowest BCUT2D eigenvalue weighted by atomic mass is 10.4. The summed E-state index contributed by atoms with van der Waals surface area (Å²) in [5.41, 5.74) is 11.1. The predicted molar refractivity (Wildman–Crippen MR) is 81.9 cm³/mol. The van der Waals surface area contributed by atoms with Crippen molar-refractivity contribution in [1.29, 1.82) is 0 Å². The van der Waals surface area contributed by atoms with Gasteiger partial charge < -0.3 is 5.73 Å². The number of anilines is 1. The molecule has 0 atom stereocenters. The van der Waals surface area contributed by atoms with Crippen molar-refractivity contribution in [3.05, 3.63) is 28.1 Å². The minimum absolute atomic E-state index is 0.188. The second kappa shape index (κ2) is 6.73. The normalized spacial score (nSPS) is 10.2. The third kappa shape index (κ3) is 3.95. The Labute approximate surface area is 127 Å². The summed E-state index contributed by atoms with van der Waals surface area (Å²) in [7, 11) is 0. The number of nitrogens with zero attached hydrogens (tertiary/aromatic N) is 1. The summed E-state index contributed by atoms with van der Waals surface area (Å²) in [5.74, 6) is -0.421. The second-order valence-electron chi connectivity index (χ2n) is 3.69. The van der Waals surface area contributed by atoms with Crippen molar-refractivity contribution in [2.24, 2.45) is 0 Å². The van der Waals surface area contributed by atoms with Gasteiger partial charge in [-0.25, -0.2) is 4.98 Å². The zero-order valence-corrected chi connectivity index (χ0v) is 13.0. The minimum Gasteiger partial charge on any atom is -0.375 e. The summed E-state index contributed by atoms with van der Waals surface area (Å²) in [4.78, 5) is 27.8. The molecule has 9 heteroatoms. The summed E-state index contributed by atoms with van der Waals surface area (Å²) >= 11 is 3.99. The van der Waals surface area contributed by atoms with Crippen molar-refractivity contribution in [2.45, 2.75) is 11.1 Å². The van der Waals surface area contributed by atoms with Crippen LogP contribution in [0.3, 0.4) is 0 Å². The Bertz CT molecular complexity index is 609. The lowest BCUT2D eigenvalue weighted by molar-refractivity contribution is -0.119. The molecule has 2 amide bonds. The van der Waals surface area contributed by atoms with E-state index in [-0.39, 0.29) is 17.6 Å². The number of nitrogens with one attached hydrogen (secondary N) is 2. The molecule has 2 heterocycles. The molecule has 0 aromatic carbocycles. The van der Waals surface area contributed by atoms with Crippen LogP contribution in [0.15, 0.2) is 21.7 Å². The van der Waals surface area contributed by atoms with Crippen molar-refractivity contribution >= 4 is 51.4 Å². The fraction of sp³-hybridized carbons (Fsp3) is 0.182. The van der Waals surface area contributed by atoms with Crippen LogP contribution in [-0.4, -0.2) is 22.6 Å². The molecule has 2 aromatic rings. The molecule has 2 rings (SSSR count). The van der Waals surface area contributed by atoms with Crippen LogP contribution in [0.4, 0.5) is 5.13 Å². The summed E-state index contributed by atoms with van der Waals surface area (Å²) in [6, 6.07) is 3.46. The van der Waals surface area contributed by atoms with Gasteiger partial charge in [0.1, 0.15) is 0 Å². The largest absolute Gasteiger partial charge is 0.375 e. The molecule has 0 saturated carbocycles. The van der Waals surface area contributed by atoms with E-state index in [1.165, 1.54) is 34.4 Å². The van der Waals surface area contributed by atoms with E-state index in [0.717, 1.165) is 9.90 Å². The fourth-order valence-electron chi connectivity index (χ4n) is 1.30. The highest BCUT2D eigenvalue weighted by molar-refractivity contribution is 8.01. The number of hydrogen-bond acceptors (Lipinski definition) is 7. The number of hydrogen-bond donors (Lipinski definition) is 3. The number of hydrazine groups is 1. The van der Waals surface area contributed by atoms with E-state index in [1.807, 2.05) is 6.92 Å². The lowest BCUT2D eigenvalue weighted by Crippen LogP contribution is -2.42. The summed E-state index contributed by atoms with van der Waals surface area (Å²) in [5, 5.41) is 2.28. The number of thiophene rings is 1. The number of thiazole rings is 1. The van der Waals surface area contributed by atoms with E-state index in [4.69, 9.17) is 5.73 Å². The van der Waals surface area contributed by atoms with Gasteiger partial charge >= 0.3 is 0 Å². The molecule has 4 N–H and O–H groups in total. The van der Waals surface area contributed by atoms with Crippen molar-refractivity contribution < 1.29 is 9.59 Å². The maximum Gasteiger partial charge on any atom is 0.279 e. The standard InChI is InChI=1S/C11H12N4O2S3/c1-6-10(20-11(12)13-6)19-5-8(16)14-15-9(17)7-3-2-4-18-7/h2-4H,5H2,1H3,(H2,12,13)(H,14,16)(H,15,17). The molecule has 2 aromatic heterocycles. The van der Waals surface area contributed by atoms with Gasteiger partial charge in [0.05, 0.1) is 20.5 Å². The summed E-state index contributed by atoms with van der Waals surface area (Å²) in [6.45, 7) is 1.84. The molecule has 0 aliphatic heterocycles. The van der Waals surface area contributed by atoms with E-state index >= 15 is 0 Å². The Hall–Kier alpha value is -1.58. The second-order valence-corrected chi connectivity index (χ2v) is 6.92. The van der Waals surface area contributed by atoms with Gasteiger partial charge in [-0.2, -0.15) is 0 Å². The molecule has 0 fully saturated rings. The van der Waals surface area contributed by atoms with E-state index in [1.54, 1.807) is 17.5 Å². The van der Waals surface area contributed by atoms with Gasteiger partial charge in [0.25, 0.3) is 5.91 Å². The molecule has 0 aliphatic rings. The van der Waals surface area contributed by atoms with Gasteiger partial charge in [0.2, 0.25) is 5.91 Å². The number of nitrogen functional groups attached to an aromatic ring is 1. The highest BCUT2D eigenvalue weighted by Crippen LogP contribution is 2.30. The maximum absolute atomic E-state index is 11.6. The summed E-state index contributed by atoms with van der Waals surface area (Å²) < 4.78 is 0.905. The Morgan fingerprint density at radius 2 is 2.25 bits per heavy atom. The molecular weight excluding hydrogens is 316 g/mol. The van der Waals surface area contributed by atoms with Crippen molar-refractivity contribution in [2.75, 3.05) is 11.5 Å². The first-order valence-corrected chi connectivity index (χ1v) is 8.23. The van der Waals surface area contributed by atoms with Crippen molar-refractivity contribution in [3.8, 4) is 0 Å². The molecular formula is C11H12N4O2S3. The molecule has 0 radical (unpaired) electrons. The first-order valence-electron chi connectivity index (χ1n) is 5.54. The quantitative estimate of drug-likeness (QED) is 0.586. The van der Waals surface area contributed by atoms with Crippen LogP contribution >= 0.6 is 34.4 Å². The van der Waals surface area contributed by atoms with Crippen LogP contribution < -0.4 is 16.6 Å². The van der Waals surface area contributed by atoms with E-state index < -0.39 is 0 Å². The highest BCUT2D eigenvalue weighted by atomic mass is 32.2. The van der Waals surface area contributed by atoms with Gasteiger partial charge in [-0.1, -0.05) is 17.4 Å². The number of carbonyl (C=O) groups is 2. The summed E-state index contributed by atoms with van der Waals surface area (Å²) in [6.07, 6.45) is 0. The number of thioether (sulfide) groups is 1. The molecule has 0 unspecified atom stereocenters. The smallest absolute Gasteiger partial charge is 0.279 e. The Balaban J connectivity index is 1.76. The van der Waals surface area contributed by atoms with Crippen LogP contribution in [0.2, 0.25) is 0 Å². The first kappa shape index (κ1) is 14.8. The van der Waals surface area contributed by atoms with Crippen LogP contribution in [-0.2, 0) is 4.79 Å². The monoisotopic (exact) mass is 328 g/mol. The zero-order valence-electron chi connectivity index (χ0n) is 10.5. The average molecular weight is 328 g/mol. The fourth-order valence-corrected chi connectivity index (χ4v) is 3.74. The third-order valence-corrected chi connectivity index (χ3v) is 5.38. The Morgan fingerprint density at radius 1 is 1.45 bits per heavy atom. The number of aromatic nitrogens is 1. The SMILES string of the molecule is Cc1nc(N)sc1SCC(=O)NNC(=O)c1cccs1. The number of amides is 2. The van der Waals surface area contributed by atoms with Crippen LogP contribution in [0.1, 0.15) is 15.4 Å². The number of aryl methyl sites for hydroxylation is 1. The topological polar surface area (TPSA) is 97.1 Å². The van der Waals surface area contributed by atoms with Crippen LogP contribution in [0.25, 0.3) is 0 Å². The van der Waals surface area contributed by atoms with Gasteiger partial charge in [0, 0.05) is 0 Å². The molecule has 0 aliphatic carbocycles. The first-order chi connectivity index (χ1) is 9.56. The lowest BCUT2D eigenvalue weighted by Gasteiger charge is -2.05. The van der Waals surface area contributed by atoms with Gasteiger partial charge in [-0.05, 0) is 18.4 Å². The molecule has 0 saturated heterocycles. The number of rotatable bonds is 4. The molecule has 0 spiro atoms. The van der Waals surface area contributed by atoms with Crippen LogP contribution in [0.5, 0.6) is 0 Å². The van der Waals surface area contributed by atoms with E-state index in [0.29, 0.717) is 10.0 Å². The maximum atomic E-state index is 11.6. The van der Waals surface area contributed by atoms with Gasteiger partial charge in [-0.15, -0.1) is 23.1 Å². The Kier molecular flexibility index (Phi) is 4.99. The number of nitrogens with two attached hydrogens (primary N) is 1. The minimum atomic E-state index is -0.323. The van der Waals surface area contributed by atoms with Crippen molar-refractivity contribution in [3.63, 3.8) is 0 Å². The highest BCUT2D eigenvalue weighted by Gasteiger charge is 2.11. The molecule has 20 heavy (non-hydrogen) atoms.